The van der Waals surface area contributed by atoms with Gasteiger partial charge < -0.3 is 5.11 Å². The largest absolute Gasteiger partial charge is 0.479 e. The molecule has 2 aliphatic heterocycles. The second-order valence-corrected chi connectivity index (χ2v) is 3.86. The summed E-state index contributed by atoms with van der Waals surface area (Å²) in [4.78, 5) is 12.5. The van der Waals surface area contributed by atoms with Crippen LogP contribution in [0.5, 0.6) is 0 Å². The molecule has 0 aromatic carbocycles. The molecule has 3 unspecified atom stereocenters. The molecule has 2 rings (SSSR count). The molecule has 0 radical (unpaired) electrons. The molecule has 0 aromatic heterocycles. The van der Waals surface area contributed by atoms with E-state index in [2.05, 4.69) is 0 Å². The monoisotopic (exact) mass is 173 g/mol. The van der Waals surface area contributed by atoms with E-state index in [1.807, 2.05) is 4.90 Å². The van der Waals surface area contributed by atoms with Crippen LogP contribution in [0.4, 0.5) is 4.39 Å². The zero-order chi connectivity index (χ0) is 8.77. The summed E-state index contributed by atoms with van der Waals surface area (Å²) in [5.74, 6) is -1.03. The van der Waals surface area contributed by atoms with Crippen LogP contribution in [-0.4, -0.2) is 41.3 Å². The molecule has 0 amide bonds. The first-order valence-corrected chi connectivity index (χ1v) is 4.25. The number of carbonyl (C=O) groups is 1. The molecule has 0 aliphatic carbocycles. The number of nitrogens with zero attached hydrogens (tertiary/aromatic N) is 1. The summed E-state index contributed by atoms with van der Waals surface area (Å²) in [5.41, 5.74) is -1.97. The summed E-state index contributed by atoms with van der Waals surface area (Å²) < 4.78 is 13.6. The molecule has 2 bridgehead atoms. The zero-order valence-electron chi connectivity index (χ0n) is 6.79. The SMILES string of the molecule is O=C(O)C1(F)CC2CCN(C2)C1. The molecule has 2 fully saturated rings. The third-order valence-electron chi connectivity index (χ3n) is 2.84. The van der Waals surface area contributed by atoms with Gasteiger partial charge in [-0.3, -0.25) is 4.90 Å². The molecule has 0 spiro atoms. The van der Waals surface area contributed by atoms with Crippen LogP contribution in [0.25, 0.3) is 0 Å². The second-order valence-electron chi connectivity index (χ2n) is 3.86. The molecule has 4 heteroatoms. The third kappa shape index (κ3) is 1.10. The Morgan fingerprint density at radius 2 is 2.42 bits per heavy atom. The summed E-state index contributed by atoms with van der Waals surface area (Å²) in [6.07, 6.45) is 1.16. The van der Waals surface area contributed by atoms with E-state index in [1.165, 1.54) is 0 Å². The van der Waals surface area contributed by atoms with Crippen molar-refractivity contribution in [2.45, 2.75) is 18.5 Å². The van der Waals surface area contributed by atoms with E-state index in [0.29, 0.717) is 0 Å². The van der Waals surface area contributed by atoms with Crippen LogP contribution in [0, 0.1) is 5.92 Å². The number of hydrogen-bond acceptors (Lipinski definition) is 2. The van der Waals surface area contributed by atoms with Gasteiger partial charge in [-0.1, -0.05) is 0 Å². The first kappa shape index (κ1) is 7.98. The van der Waals surface area contributed by atoms with Crippen LogP contribution in [0.3, 0.4) is 0 Å². The fraction of sp³-hybridized carbons (Fsp3) is 0.875. The molecule has 0 saturated carbocycles. The Hall–Kier alpha value is -0.640. The number of carboxylic acids is 1. The van der Waals surface area contributed by atoms with Gasteiger partial charge >= 0.3 is 5.97 Å². The summed E-state index contributed by atoms with van der Waals surface area (Å²) in [6, 6.07) is 0. The number of carboxylic acid groups (broad SMARTS) is 1. The van der Waals surface area contributed by atoms with Gasteiger partial charge in [-0.25, -0.2) is 9.18 Å². The van der Waals surface area contributed by atoms with Gasteiger partial charge in [0, 0.05) is 13.1 Å². The molecular formula is C8H12FNO2. The van der Waals surface area contributed by atoms with Gasteiger partial charge in [-0.15, -0.1) is 0 Å². The summed E-state index contributed by atoms with van der Waals surface area (Å²) in [5, 5.41) is 8.66. The molecule has 2 heterocycles. The van der Waals surface area contributed by atoms with Gasteiger partial charge in [0.25, 0.3) is 0 Å². The molecular weight excluding hydrogens is 161 g/mol. The van der Waals surface area contributed by atoms with Crippen LogP contribution in [-0.2, 0) is 4.79 Å². The lowest BCUT2D eigenvalue weighted by atomic mass is 9.89. The highest BCUT2D eigenvalue weighted by molar-refractivity contribution is 5.77. The number of alkyl halides is 1. The van der Waals surface area contributed by atoms with E-state index in [0.717, 1.165) is 19.5 Å². The van der Waals surface area contributed by atoms with Crippen LogP contribution >= 0.6 is 0 Å². The van der Waals surface area contributed by atoms with E-state index < -0.39 is 11.6 Å². The highest BCUT2D eigenvalue weighted by atomic mass is 19.1. The average molecular weight is 173 g/mol. The number of hydrogen-bond donors (Lipinski definition) is 1. The molecule has 12 heavy (non-hydrogen) atoms. The number of halogens is 1. The second kappa shape index (κ2) is 2.42. The van der Waals surface area contributed by atoms with Crippen molar-refractivity contribution in [1.82, 2.24) is 4.90 Å². The van der Waals surface area contributed by atoms with E-state index in [4.69, 9.17) is 5.11 Å². The van der Waals surface area contributed by atoms with Crippen molar-refractivity contribution >= 4 is 5.97 Å². The lowest BCUT2D eigenvalue weighted by molar-refractivity contribution is -0.154. The van der Waals surface area contributed by atoms with Crippen molar-refractivity contribution < 1.29 is 14.3 Å². The van der Waals surface area contributed by atoms with Crippen molar-refractivity contribution in [1.29, 1.82) is 0 Å². The Bertz CT molecular complexity index is 207. The number of aliphatic carboxylic acids is 1. The van der Waals surface area contributed by atoms with E-state index in [9.17, 15) is 9.18 Å². The highest BCUT2D eigenvalue weighted by Gasteiger charge is 2.48. The van der Waals surface area contributed by atoms with Crippen molar-refractivity contribution in [2.24, 2.45) is 5.92 Å². The average Bonchev–Trinajstić information content (AvgIpc) is 2.30. The normalized spacial score (nSPS) is 46.1. The van der Waals surface area contributed by atoms with Gasteiger partial charge in [0.2, 0.25) is 5.67 Å². The molecule has 3 atom stereocenters. The van der Waals surface area contributed by atoms with E-state index >= 15 is 0 Å². The predicted molar refractivity (Wildman–Crippen MR) is 40.6 cm³/mol. The van der Waals surface area contributed by atoms with Crippen LogP contribution in [0.2, 0.25) is 0 Å². The van der Waals surface area contributed by atoms with Crippen molar-refractivity contribution in [3.8, 4) is 0 Å². The minimum absolute atomic E-state index is 0.0822. The maximum absolute atomic E-state index is 13.6. The fourth-order valence-corrected chi connectivity index (χ4v) is 2.25. The van der Waals surface area contributed by atoms with Crippen LogP contribution < -0.4 is 0 Å². The molecule has 68 valence electrons. The summed E-state index contributed by atoms with van der Waals surface area (Å²) in [7, 11) is 0. The Morgan fingerprint density at radius 3 is 3.00 bits per heavy atom. The van der Waals surface area contributed by atoms with E-state index in [-0.39, 0.29) is 18.9 Å². The van der Waals surface area contributed by atoms with Crippen LogP contribution in [0.15, 0.2) is 0 Å². The Labute approximate surface area is 70.2 Å². The summed E-state index contributed by atoms with van der Waals surface area (Å²) in [6.45, 7) is 1.83. The Balaban J connectivity index is 2.15. The lowest BCUT2D eigenvalue weighted by Gasteiger charge is -2.32. The van der Waals surface area contributed by atoms with Gasteiger partial charge in [-0.2, -0.15) is 0 Å². The van der Waals surface area contributed by atoms with Crippen LogP contribution in [0.1, 0.15) is 12.8 Å². The van der Waals surface area contributed by atoms with Crippen molar-refractivity contribution in [3.63, 3.8) is 0 Å². The molecule has 2 saturated heterocycles. The first-order valence-electron chi connectivity index (χ1n) is 4.25. The number of fused-ring (bicyclic) bond motifs is 2. The van der Waals surface area contributed by atoms with Crippen molar-refractivity contribution in [2.75, 3.05) is 19.6 Å². The molecule has 2 aliphatic rings. The highest BCUT2D eigenvalue weighted by Crippen LogP contribution is 2.35. The number of piperidine rings is 1. The molecule has 1 N–H and O–H groups in total. The lowest BCUT2D eigenvalue weighted by Crippen LogP contribution is -2.49. The Morgan fingerprint density at radius 1 is 1.67 bits per heavy atom. The standard InChI is InChI=1S/C8H12FNO2/c9-8(7(11)12)3-6-1-2-10(4-6)5-8/h6H,1-5H2,(H,11,12). The molecule has 0 aromatic rings. The van der Waals surface area contributed by atoms with Gasteiger partial charge in [0.1, 0.15) is 0 Å². The molecule has 3 nitrogen and oxygen atoms in total. The Kier molecular flexibility index (Phi) is 1.61. The van der Waals surface area contributed by atoms with Crippen molar-refractivity contribution in [3.05, 3.63) is 0 Å². The van der Waals surface area contributed by atoms with Gasteiger partial charge in [-0.05, 0) is 25.3 Å². The first-order chi connectivity index (χ1) is 5.60. The fourth-order valence-electron chi connectivity index (χ4n) is 2.25. The number of rotatable bonds is 1. The zero-order valence-corrected chi connectivity index (χ0v) is 6.79. The predicted octanol–water partition coefficient (Wildman–Crippen LogP) is 0.505. The maximum Gasteiger partial charge on any atom is 0.342 e. The maximum atomic E-state index is 13.6. The summed E-state index contributed by atoms with van der Waals surface area (Å²) >= 11 is 0. The van der Waals surface area contributed by atoms with Gasteiger partial charge in [0.15, 0.2) is 0 Å². The quantitative estimate of drug-likeness (QED) is 0.628. The topological polar surface area (TPSA) is 40.5 Å². The van der Waals surface area contributed by atoms with Gasteiger partial charge in [0.05, 0.1) is 0 Å². The minimum Gasteiger partial charge on any atom is -0.479 e. The van der Waals surface area contributed by atoms with E-state index in [1.54, 1.807) is 0 Å². The smallest absolute Gasteiger partial charge is 0.342 e. The minimum atomic E-state index is -1.97. The third-order valence-corrected chi connectivity index (χ3v) is 2.84.